The molecule has 0 unspecified atom stereocenters. The number of nitriles is 1. The van der Waals surface area contributed by atoms with E-state index in [9.17, 15) is 9.18 Å². The second-order valence-corrected chi connectivity index (χ2v) is 4.69. The van der Waals surface area contributed by atoms with Crippen molar-refractivity contribution in [1.82, 2.24) is 0 Å². The quantitative estimate of drug-likeness (QED) is 0.909. The van der Waals surface area contributed by atoms with Crippen LogP contribution in [0.5, 0.6) is 0 Å². The van der Waals surface area contributed by atoms with Gasteiger partial charge in [0.05, 0.1) is 11.3 Å². The molecule has 0 aliphatic carbocycles. The molecule has 2 rings (SSSR count). The standard InChI is InChI=1S/C17H15FN2O/c18-15-9-10-16(14(11-15)12-19)20-17(21)8-4-7-13-5-2-1-3-6-13/h1-3,5-6,9-11H,4,7-8H2,(H,20,21). The number of rotatable bonds is 5. The molecule has 106 valence electrons. The highest BCUT2D eigenvalue weighted by Crippen LogP contribution is 2.16. The predicted octanol–water partition coefficient (Wildman–Crippen LogP) is 3.66. The maximum absolute atomic E-state index is 13.0. The van der Waals surface area contributed by atoms with Crippen LogP contribution in [0.2, 0.25) is 0 Å². The molecule has 0 aliphatic rings. The van der Waals surface area contributed by atoms with Crippen molar-refractivity contribution >= 4 is 11.6 Å². The van der Waals surface area contributed by atoms with Crippen LogP contribution in [0.3, 0.4) is 0 Å². The van der Waals surface area contributed by atoms with Crippen molar-refractivity contribution in [3.05, 3.63) is 65.5 Å². The van der Waals surface area contributed by atoms with E-state index in [1.807, 2.05) is 36.4 Å². The first-order valence-electron chi connectivity index (χ1n) is 6.72. The van der Waals surface area contributed by atoms with E-state index in [-0.39, 0.29) is 11.5 Å². The lowest BCUT2D eigenvalue weighted by Gasteiger charge is -2.07. The first-order valence-corrected chi connectivity index (χ1v) is 6.72. The van der Waals surface area contributed by atoms with Crippen molar-refractivity contribution < 1.29 is 9.18 Å². The molecule has 0 bridgehead atoms. The van der Waals surface area contributed by atoms with Crippen LogP contribution in [-0.2, 0) is 11.2 Å². The van der Waals surface area contributed by atoms with Crippen LogP contribution in [0.1, 0.15) is 24.0 Å². The molecule has 0 spiro atoms. The smallest absolute Gasteiger partial charge is 0.224 e. The molecule has 0 atom stereocenters. The number of benzene rings is 2. The van der Waals surface area contributed by atoms with Crippen molar-refractivity contribution in [3.8, 4) is 6.07 Å². The van der Waals surface area contributed by atoms with Gasteiger partial charge in [0, 0.05) is 6.42 Å². The van der Waals surface area contributed by atoms with Crippen molar-refractivity contribution in [3.63, 3.8) is 0 Å². The second-order valence-electron chi connectivity index (χ2n) is 4.69. The lowest BCUT2D eigenvalue weighted by atomic mass is 10.1. The Morgan fingerprint density at radius 3 is 2.67 bits per heavy atom. The van der Waals surface area contributed by atoms with E-state index in [1.54, 1.807) is 0 Å². The summed E-state index contributed by atoms with van der Waals surface area (Å²) < 4.78 is 13.0. The van der Waals surface area contributed by atoms with Crippen molar-refractivity contribution in [2.75, 3.05) is 5.32 Å². The summed E-state index contributed by atoms with van der Waals surface area (Å²) in [6.07, 6.45) is 1.90. The fourth-order valence-electron chi connectivity index (χ4n) is 2.03. The van der Waals surface area contributed by atoms with Gasteiger partial charge in [0.25, 0.3) is 0 Å². The van der Waals surface area contributed by atoms with E-state index >= 15 is 0 Å². The van der Waals surface area contributed by atoms with E-state index in [1.165, 1.54) is 17.7 Å². The second kappa shape index (κ2) is 7.20. The fourth-order valence-corrected chi connectivity index (χ4v) is 2.03. The Bertz CT molecular complexity index is 662. The van der Waals surface area contributed by atoms with Gasteiger partial charge in [-0.15, -0.1) is 0 Å². The number of halogens is 1. The summed E-state index contributed by atoms with van der Waals surface area (Å²) in [5.74, 6) is -0.664. The molecule has 0 aromatic heterocycles. The van der Waals surface area contributed by atoms with E-state index in [4.69, 9.17) is 5.26 Å². The molecule has 1 amide bonds. The van der Waals surface area contributed by atoms with E-state index in [0.29, 0.717) is 12.1 Å². The summed E-state index contributed by atoms with van der Waals surface area (Å²) >= 11 is 0. The summed E-state index contributed by atoms with van der Waals surface area (Å²) in [5.41, 5.74) is 1.67. The summed E-state index contributed by atoms with van der Waals surface area (Å²) in [4.78, 5) is 11.8. The van der Waals surface area contributed by atoms with Gasteiger partial charge in [-0.1, -0.05) is 30.3 Å². The monoisotopic (exact) mass is 282 g/mol. The molecule has 0 fully saturated rings. The van der Waals surface area contributed by atoms with E-state index < -0.39 is 5.82 Å². The number of nitrogens with zero attached hydrogens (tertiary/aromatic N) is 1. The van der Waals surface area contributed by atoms with Crippen molar-refractivity contribution in [2.24, 2.45) is 0 Å². The summed E-state index contributed by atoms with van der Waals surface area (Å²) in [6, 6.07) is 15.5. The predicted molar refractivity (Wildman–Crippen MR) is 79.1 cm³/mol. The highest BCUT2D eigenvalue weighted by molar-refractivity contribution is 5.92. The number of anilines is 1. The summed E-state index contributed by atoms with van der Waals surface area (Å²) in [6.45, 7) is 0. The van der Waals surface area contributed by atoms with Gasteiger partial charge >= 0.3 is 0 Å². The lowest BCUT2D eigenvalue weighted by Crippen LogP contribution is -2.12. The molecule has 2 aromatic carbocycles. The third-order valence-electron chi connectivity index (χ3n) is 3.09. The number of nitrogens with one attached hydrogen (secondary N) is 1. The molecule has 4 heteroatoms. The van der Waals surface area contributed by atoms with Crippen LogP contribution in [0.15, 0.2) is 48.5 Å². The molecule has 0 aliphatic heterocycles. The molecular formula is C17H15FN2O. The van der Waals surface area contributed by atoms with Crippen LogP contribution < -0.4 is 5.32 Å². The third kappa shape index (κ3) is 4.43. The largest absolute Gasteiger partial charge is 0.325 e. The minimum absolute atomic E-state index is 0.131. The van der Waals surface area contributed by atoms with Gasteiger partial charge in [0.2, 0.25) is 5.91 Å². The van der Waals surface area contributed by atoms with Gasteiger partial charge in [-0.25, -0.2) is 4.39 Å². The Balaban J connectivity index is 1.86. The number of hydrogen-bond acceptors (Lipinski definition) is 2. The van der Waals surface area contributed by atoms with Crippen LogP contribution >= 0.6 is 0 Å². The van der Waals surface area contributed by atoms with Crippen LogP contribution in [-0.4, -0.2) is 5.91 Å². The van der Waals surface area contributed by atoms with Crippen LogP contribution in [0.4, 0.5) is 10.1 Å². The molecule has 2 aromatic rings. The van der Waals surface area contributed by atoms with Crippen molar-refractivity contribution in [2.45, 2.75) is 19.3 Å². The van der Waals surface area contributed by atoms with Gasteiger partial charge in [-0.3, -0.25) is 4.79 Å². The Labute approximate surface area is 123 Å². The number of aryl methyl sites for hydroxylation is 1. The highest BCUT2D eigenvalue weighted by Gasteiger charge is 2.07. The zero-order chi connectivity index (χ0) is 15.1. The molecule has 0 saturated heterocycles. The summed E-state index contributed by atoms with van der Waals surface area (Å²) in [5, 5.41) is 11.6. The Kier molecular flexibility index (Phi) is 5.05. The van der Waals surface area contributed by atoms with Crippen LogP contribution in [0.25, 0.3) is 0 Å². The number of carbonyl (C=O) groups excluding carboxylic acids is 1. The number of hydrogen-bond donors (Lipinski definition) is 1. The molecule has 21 heavy (non-hydrogen) atoms. The average molecular weight is 282 g/mol. The van der Waals surface area contributed by atoms with Gasteiger partial charge in [-0.05, 0) is 36.6 Å². The number of carbonyl (C=O) groups is 1. The SMILES string of the molecule is N#Cc1cc(F)ccc1NC(=O)CCCc1ccccc1. The molecule has 0 heterocycles. The maximum Gasteiger partial charge on any atom is 0.224 e. The Hall–Kier alpha value is -2.67. The lowest BCUT2D eigenvalue weighted by molar-refractivity contribution is -0.116. The first kappa shape index (κ1) is 14.7. The zero-order valence-electron chi connectivity index (χ0n) is 11.5. The normalized spacial score (nSPS) is 9.90. The van der Waals surface area contributed by atoms with Gasteiger partial charge in [-0.2, -0.15) is 5.26 Å². The first-order chi connectivity index (χ1) is 10.2. The third-order valence-corrected chi connectivity index (χ3v) is 3.09. The minimum Gasteiger partial charge on any atom is -0.325 e. The zero-order valence-corrected chi connectivity index (χ0v) is 11.5. The van der Waals surface area contributed by atoms with Gasteiger partial charge in [0.1, 0.15) is 11.9 Å². The Morgan fingerprint density at radius 2 is 1.95 bits per heavy atom. The maximum atomic E-state index is 13.0. The van der Waals surface area contributed by atoms with Gasteiger partial charge < -0.3 is 5.32 Å². The summed E-state index contributed by atoms with van der Waals surface area (Å²) in [7, 11) is 0. The number of amides is 1. The molecule has 3 nitrogen and oxygen atoms in total. The average Bonchev–Trinajstić information content (AvgIpc) is 2.50. The minimum atomic E-state index is -0.492. The molecule has 0 radical (unpaired) electrons. The Morgan fingerprint density at radius 1 is 1.19 bits per heavy atom. The fraction of sp³-hybridized carbons (Fsp3) is 0.176. The van der Waals surface area contributed by atoms with E-state index in [2.05, 4.69) is 5.32 Å². The van der Waals surface area contributed by atoms with Crippen molar-refractivity contribution in [1.29, 1.82) is 5.26 Å². The molecule has 0 saturated carbocycles. The molecule has 1 N–H and O–H groups in total. The highest BCUT2D eigenvalue weighted by atomic mass is 19.1. The topological polar surface area (TPSA) is 52.9 Å². The molecular weight excluding hydrogens is 267 g/mol. The van der Waals surface area contributed by atoms with E-state index in [0.717, 1.165) is 18.9 Å². The van der Waals surface area contributed by atoms with Crippen LogP contribution in [0, 0.1) is 17.1 Å². The van der Waals surface area contributed by atoms with Gasteiger partial charge in [0.15, 0.2) is 0 Å².